The second kappa shape index (κ2) is 10.0. The zero-order valence-electron chi connectivity index (χ0n) is 19.8. The number of rotatable bonds is 7. The Kier molecular flexibility index (Phi) is 6.66. The highest BCUT2D eigenvalue weighted by atomic mass is 16.3. The smallest absolute Gasteiger partial charge is 0.328 e. The van der Waals surface area contributed by atoms with Gasteiger partial charge in [-0.15, -0.1) is 0 Å². The van der Waals surface area contributed by atoms with Gasteiger partial charge in [-0.1, -0.05) is 84.9 Å². The molecule has 6 heteroatoms. The molecule has 3 aromatic carbocycles. The molecule has 0 radical (unpaired) electrons. The number of aliphatic hydroxyl groups is 1. The summed E-state index contributed by atoms with van der Waals surface area (Å²) in [4.78, 5) is 32.1. The Bertz CT molecular complexity index is 1230. The molecule has 1 spiro atoms. The molecule has 2 heterocycles. The third-order valence-corrected chi connectivity index (χ3v) is 7.30. The molecule has 180 valence electrons. The number of urea groups is 1. The fraction of sp³-hybridized carbons (Fsp3) is 0.310. The average molecular weight is 470 g/mol. The monoisotopic (exact) mass is 469 g/mol. The molecule has 6 nitrogen and oxygen atoms in total. The van der Waals surface area contributed by atoms with Crippen LogP contribution in [0.15, 0.2) is 78.9 Å². The van der Waals surface area contributed by atoms with Crippen LogP contribution in [0.5, 0.6) is 0 Å². The molecule has 35 heavy (non-hydrogen) atoms. The Balaban J connectivity index is 1.30. The lowest BCUT2D eigenvalue weighted by atomic mass is 9.85. The number of hydrogen-bond acceptors (Lipinski definition) is 4. The molecule has 2 saturated heterocycles. The second-order valence-electron chi connectivity index (χ2n) is 9.33. The highest BCUT2D eigenvalue weighted by Crippen LogP contribution is 2.37. The van der Waals surface area contributed by atoms with Crippen molar-refractivity contribution >= 4 is 28.8 Å². The maximum Gasteiger partial charge on any atom is 0.328 e. The van der Waals surface area contributed by atoms with Gasteiger partial charge in [0.05, 0.1) is 6.61 Å². The number of carbonyl (C=O) groups excluding carboxylic acids is 2. The SMILES string of the molecule is O=C1N(C/C=C/c2ccccc2)C(=O)C2(CCN(Cc3cccc4ccccc34)CC2)N1CCO. The van der Waals surface area contributed by atoms with Gasteiger partial charge in [0, 0.05) is 32.7 Å². The van der Waals surface area contributed by atoms with Crippen LogP contribution in [0.1, 0.15) is 24.0 Å². The largest absolute Gasteiger partial charge is 0.395 e. The summed E-state index contributed by atoms with van der Waals surface area (Å²) in [6, 6.07) is 24.3. The highest BCUT2D eigenvalue weighted by Gasteiger charge is 2.57. The molecular weight excluding hydrogens is 438 g/mol. The topological polar surface area (TPSA) is 64.1 Å². The zero-order valence-corrected chi connectivity index (χ0v) is 19.8. The average Bonchev–Trinajstić information content (AvgIpc) is 3.08. The first-order valence-electron chi connectivity index (χ1n) is 12.3. The van der Waals surface area contributed by atoms with Crippen LogP contribution >= 0.6 is 0 Å². The number of nitrogens with zero attached hydrogens (tertiary/aromatic N) is 3. The lowest BCUT2D eigenvalue weighted by Crippen LogP contribution is -2.57. The Morgan fingerprint density at radius 3 is 2.37 bits per heavy atom. The number of aliphatic hydroxyl groups excluding tert-OH is 1. The van der Waals surface area contributed by atoms with Crippen molar-refractivity contribution in [3.63, 3.8) is 0 Å². The minimum absolute atomic E-state index is 0.140. The molecule has 0 aromatic heterocycles. The summed E-state index contributed by atoms with van der Waals surface area (Å²) in [5.74, 6) is -0.140. The van der Waals surface area contributed by atoms with Crippen molar-refractivity contribution in [2.75, 3.05) is 32.8 Å². The van der Waals surface area contributed by atoms with Crippen LogP contribution in [0.25, 0.3) is 16.8 Å². The Hall–Kier alpha value is -3.48. The summed E-state index contributed by atoms with van der Waals surface area (Å²) >= 11 is 0. The first-order chi connectivity index (χ1) is 17.1. The van der Waals surface area contributed by atoms with Crippen LogP contribution in [0, 0.1) is 0 Å². The number of imide groups is 1. The first kappa shape index (κ1) is 23.3. The van der Waals surface area contributed by atoms with Gasteiger partial charge in [0.25, 0.3) is 5.91 Å². The van der Waals surface area contributed by atoms with Crippen LogP contribution in [-0.4, -0.2) is 70.1 Å². The van der Waals surface area contributed by atoms with E-state index >= 15 is 0 Å². The van der Waals surface area contributed by atoms with E-state index in [2.05, 4.69) is 47.4 Å². The van der Waals surface area contributed by atoms with Crippen molar-refractivity contribution in [1.82, 2.24) is 14.7 Å². The van der Waals surface area contributed by atoms with Crippen LogP contribution in [0.3, 0.4) is 0 Å². The molecule has 0 aliphatic carbocycles. The number of amides is 3. The molecule has 1 N–H and O–H groups in total. The predicted molar refractivity (Wildman–Crippen MR) is 138 cm³/mol. The number of likely N-dealkylation sites (tertiary alicyclic amines) is 1. The van der Waals surface area contributed by atoms with Gasteiger partial charge in [0.2, 0.25) is 0 Å². The molecule has 2 aliphatic heterocycles. The van der Waals surface area contributed by atoms with E-state index in [1.807, 2.05) is 42.5 Å². The number of piperidine rings is 1. The third kappa shape index (κ3) is 4.47. The maximum absolute atomic E-state index is 13.6. The summed E-state index contributed by atoms with van der Waals surface area (Å²) in [6.45, 7) is 2.50. The van der Waals surface area contributed by atoms with Gasteiger partial charge >= 0.3 is 6.03 Å². The quantitative estimate of drug-likeness (QED) is 0.528. The Morgan fingerprint density at radius 2 is 1.60 bits per heavy atom. The predicted octanol–water partition coefficient (Wildman–Crippen LogP) is 4.14. The van der Waals surface area contributed by atoms with Gasteiger partial charge in [0.15, 0.2) is 0 Å². The van der Waals surface area contributed by atoms with Crippen LogP contribution < -0.4 is 0 Å². The van der Waals surface area contributed by atoms with E-state index in [9.17, 15) is 14.7 Å². The van der Waals surface area contributed by atoms with Gasteiger partial charge in [0.1, 0.15) is 5.54 Å². The lowest BCUT2D eigenvalue weighted by Gasteiger charge is -2.42. The molecular formula is C29H31N3O3. The van der Waals surface area contributed by atoms with Crippen molar-refractivity contribution < 1.29 is 14.7 Å². The molecule has 0 saturated carbocycles. The van der Waals surface area contributed by atoms with E-state index in [-0.39, 0.29) is 31.6 Å². The lowest BCUT2D eigenvalue weighted by molar-refractivity contribution is -0.135. The summed E-state index contributed by atoms with van der Waals surface area (Å²) in [5.41, 5.74) is 1.43. The molecule has 0 unspecified atom stereocenters. The molecule has 2 aliphatic rings. The van der Waals surface area contributed by atoms with E-state index in [1.165, 1.54) is 21.2 Å². The molecule has 3 amide bonds. The third-order valence-electron chi connectivity index (χ3n) is 7.30. The van der Waals surface area contributed by atoms with Gasteiger partial charge in [-0.05, 0) is 34.7 Å². The highest BCUT2D eigenvalue weighted by molar-refractivity contribution is 6.07. The van der Waals surface area contributed by atoms with Gasteiger partial charge in [-0.3, -0.25) is 14.6 Å². The van der Waals surface area contributed by atoms with E-state index in [0.29, 0.717) is 12.8 Å². The van der Waals surface area contributed by atoms with Crippen molar-refractivity contribution in [1.29, 1.82) is 0 Å². The number of hydrogen-bond donors (Lipinski definition) is 1. The van der Waals surface area contributed by atoms with Crippen molar-refractivity contribution in [2.45, 2.75) is 24.9 Å². The molecule has 3 aromatic rings. The minimum Gasteiger partial charge on any atom is -0.395 e. The molecule has 2 fully saturated rings. The van der Waals surface area contributed by atoms with E-state index < -0.39 is 5.54 Å². The fourth-order valence-electron chi connectivity index (χ4n) is 5.45. The number of benzene rings is 3. The van der Waals surface area contributed by atoms with E-state index in [0.717, 1.165) is 25.2 Å². The van der Waals surface area contributed by atoms with Crippen LogP contribution in [0.2, 0.25) is 0 Å². The summed E-state index contributed by atoms with van der Waals surface area (Å²) in [7, 11) is 0. The fourth-order valence-corrected chi connectivity index (χ4v) is 5.45. The van der Waals surface area contributed by atoms with E-state index in [1.54, 1.807) is 4.90 Å². The first-order valence-corrected chi connectivity index (χ1v) is 12.3. The van der Waals surface area contributed by atoms with E-state index in [4.69, 9.17) is 0 Å². The molecule has 0 atom stereocenters. The van der Waals surface area contributed by atoms with Crippen LogP contribution in [-0.2, 0) is 11.3 Å². The van der Waals surface area contributed by atoms with Crippen molar-refractivity contribution in [2.24, 2.45) is 0 Å². The van der Waals surface area contributed by atoms with Crippen LogP contribution in [0.4, 0.5) is 4.79 Å². The number of carbonyl (C=O) groups is 2. The standard InChI is InChI=1S/C29H31N3O3/c33-21-20-32-28(35)31(17-7-10-23-8-2-1-3-9-23)27(34)29(32)15-18-30(19-16-29)22-25-13-6-12-24-11-4-5-14-26(24)25/h1-14,33H,15-22H2/b10-7+. The summed E-state index contributed by atoms with van der Waals surface area (Å²) in [5, 5.41) is 12.1. The molecule has 0 bridgehead atoms. The Labute approximate surface area is 206 Å². The maximum atomic E-state index is 13.6. The number of fused-ring (bicyclic) bond motifs is 1. The van der Waals surface area contributed by atoms with Gasteiger partial charge in [-0.2, -0.15) is 0 Å². The Morgan fingerprint density at radius 1 is 0.886 bits per heavy atom. The summed E-state index contributed by atoms with van der Waals surface area (Å²) < 4.78 is 0. The summed E-state index contributed by atoms with van der Waals surface area (Å²) in [6.07, 6.45) is 4.92. The normalized spacial score (nSPS) is 18.4. The molecule has 5 rings (SSSR count). The minimum atomic E-state index is -0.865. The second-order valence-corrected chi connectivity index (χ2v) is 9.33. The van der Waals surface area contributed by atoms with Gasteiger partial charge in [-0.25, -0.2) is 4.79 Å². The van der Waals surface area contributed by atoms with Gasteiger partial charge < -0.3 is 10.0 Å². The van der Waals surface area contributed by atoms with Crippen molar-refractivity contribution in [3.05, 3.63) is 90.0 Å². The van der Waals surface area contributed by atoms with Crippen molar-refractivity contribution in [3.8, 4) is 0 Å². The zero-order chi connectivity index (χ0) is 24.3. The number of β-amino-alcohol motifs (C(OH)–C–C–N with tert-alkyl or cyclic N) is 1.